The van der Waals surface area contributed by atoms with Crippen molar-refractivity contribution in [3.63, 3.8) is 0 Å². The van der Waals surface area contributed by atoms with Crippen molar-refractivity contribution in [2.75, 3.05) is 17.7 Å². The van der Waals surface area contributed by atoms with Crippen LogP contribution in [-0.4, -0.2) is 44.9 Å². The summed E-state index contributed by atoms with van der Waals surface area (Å²) in [6, 6.07) is 3.50. The molecule has 0 aromatic carbocycles. The van der Waals surface area contributed by atoms with Crippen LogP contribution in [0.5, 0.6) is 0 Å². The Morgan fingerprint density at radius 3 is 2.71 bits per heavy atom. The third-order valence-corrected chi connectivity index (χ3v) is 6.73. The van der Waals surface area contributed by atoms with Crippen molar-refractivity contribution in [2.45, 2.75) is 19.0 Å². The quantitative estimate of drug-likeness (QED) is 0.335. The number of nitrogens with two attached hydrogens (primary N) is 1. The van der Waals surface area contributed by atoms with Crippen LogP contribution in [0.1, 0.15) is 32.5 Å². The van der Waals surface area contributed by atoms with Gasteiger partial charge < -0.3 is 24.8 Å². The Kier molecular flexibility index (Phi) is 7.18. The molecule has 0 radical (unpaired) electrons. The van der Waals surface area contributed by atoms with Crippen LogP contribution in [0.4, 0.5) is 5.00 Å². The van der Waals surface area contributed by atoms with Crippen LogP contribution in [0.3, 0.4) is 0 Å². The Bertz CT molecular complexity index is 1150. The van der Waals surface area contributed by atoms with E-state index in [0.29, 0.717) is 27.0 Å². The Morgan fingerprint density at radius 2 is 2.10 bits per heavy atom. The van der Waals surface area contributed by atoms with Crippen LogP contribution >= 0.6 is 39.0 Å². The Balaban J connectivity index is 1.73. The molecule has 31 heavy (non-hydrogen) atoms. The zero-order chi connectivity index (χ0) is 22.7. The summed E-state index contributed by atoms with van der Waals surface area (Å²) in [7, 11) is 1.76. The minimum absolute atomic E-state index is 0.00105. The number of ether oxygens (including phenoxy) is 1. The van der Waals surface area contributed by atoms with E-state index in [1.165, 1.54) is 0 Å². The SMILES string of the molecule is CCOC(=O)c1c(NC(=O)CSc2nnc(-c3ccc(Br)o3)n2C)sc(C(N)=O)c1C. The first-order chi connectivity index (χ1) is 14.7. The molecule has 0 saturated carbocycles. The summed E-state index contributed by atoms with van der Waals surface area (Å²) in [6.07, 6.45) is 0. The van der Waals surface area contributed by atoms with Crippen LogP contribution in [0.2, 0.25) is 0 Å². The number of hydrogen-bond donors (Lipinski definition) is 2. The monoisotopic (exact) mass is 527 g/mol. The first-order valence-corrected chi connectivity index (χ1v) is 11.5. The molecule has 0 unspecified atom stereocenters. The molecule has 2 amide bonds. The van der Waals surface area contributed by atoms with Crippen LogP contribution in [-0.2, 0) is 16.6 Å². The molecule has 0 saturated heterocycles. The number of rotatable bonds is 8. The molecule has 0 aliphatic carbocycles. The van der Waals surface area contributed by atoms with Crippen molar-refractivity contribution in [3.05, 3.63) is 32.8 Å². The molecular weight excluding hydrogens is 510 g/mol. The fourth-order valence-electron chi connectivity index (χ4n) is 2.67. The highest BCUT2D eigenvalue weighted by Gasteiger charge is 2.26. The van der Waals surface area contributed by atoms with E-state index in [4.69, 9.17) is 14.9 Å². The van der Waals surface area contributed by atoms with Gasteiger partial charge in [-0.3, -0.25) is 9.59 Å². The third kappa shape index (κ3) is 4.99. The number of nitrogens with one attached hydrogen (secondary N) is 1. The first kappa shape index (κ1) is 23.0. The van der Waals surface area contributed by atoms with Gasteiger partial charge in [0.25, 0.3) is 5.91 Å². The van der Waals surface area contributed by atoms with E-state index in [2.05, 4.69) is 31.4 Å². The van der Waals surface area contributed by atoms with E-state index in [1.54, 1.807) is 37.6 Å². The van der Waals surface area contributed by atoms with E-state index in [1.807, 2.05) is 0 Å². The first-order valence-electron chi connectivity index (χ1n) is 8.91. The summed E-state index contributed by atoms with van der Waals surface area (Å²) in [5.41, 5.74) is 5.88. The molecular formula is C18H18BrN5O5S2. The van der Waals surface area contributed by atoms with Crippen LogP contribution in [0.15, 0.2) is 26.4 Å². The molecule has 0 fully saturated rings. The maximum absolute atomic E-state index is 12.5. The second-order valence-corrected chi connectivity index (χ2v) is 8.90. The van der Waals surface area contributed by atoms with Crippen LogP contribution in [0.25, 0.3) is 11.6 Å². The van der Waals surface area contributed by atoms with Gasteiger partial charge in [0.15, 0.2) is 21.4 Å². The molecule has 3 N–H and O–H groups in total. The van der Waals surface area contributed by atoms with Gasteiger partial charge in [-0.05, 0) is 47.5 Å². The topological polar surface area (TPSA) is 142 Å². The van der Waals surface area contributed by atoms with Crippen molar-refractivity contribution in [1.82, 2.24) is 14.8 Å². The number of esters is 1. The molecule has 0 spiro atoms. The van der Waals surface area contributed by atoms with Gasteiger partial charge in [-0.1, -0.05) is 11.8 Å². The summed E-state index contributed by atoms with van der Waals surface area (Å²) < 4.78 is 12.8. The van der Waals surface area contributed by atoms with Crippen molar-refractivity contribution in [1.29, 1.82) is 0 Å². The highest BCUT2D eigenvalue weighted by molar-refractivity contribution is 9.10. The lowest BCUT2D eigenvalue weighted by Crippen LogP contribution is -2.17. The van der Waals surface area contributed by atoms with E-state index in [-0.39, 0.29) is 27.8 Å². The summed E-state index contributed by atoms with van der Waals surface area (Å²) in [5.74, 6) is -0.659. The minimum Gasteiger partial charge on any atom is -0.462 e. The molecule has 164 valence electrons. The summed E-state index contributed by atoms with van der Waals surface area (Å²) in [6.45, 7) is 3.41. The zero-order valence-corrected chi connectivity index (χ0v) is 19.9. The van der Waals surface area contributed by atoms with E-state index in [9.17, 15) is 14.4 Å². The van der Waals surface area contributed by atoms with E-state index < -0.39 is 17.8 Å². The van der Waals surface area contributed by atoms with E-state index >= 15 is 0 Å². The van der Waals surface area contributed by atoms with E-state index in [0.717, 1.165) is 23.1 Å². The predicted molar refractivity (Wildman–Crippen MR) is 119 cm³/mol. The zero-order valence-electron chi connectivity index (χ0n) is 16.7. The van der Waals surface area contributed by atoms with Gasteiger partial charge >= 0.3 is 5.97 Å². The number of hydrogen-bond acceptors (Lipinski definition) is 9. The number of carbonyl (C=O) groups is 3. The number of nitrogens with zero attached hydrogens (tertiary/aromatic N) is 3. The van der Waals surface area contributed by atoms with Gasteiger partial charge in [0, 0.05) is 7.05 Å². The lowest BCUT2D eigenvalue weighted by Gasteiger charge is -2.07. The number of primary amides is 1. The molecule has 10 nitrogen and oxygen atoms in total. The fourth-order valence-corrected chi connectivity index (χ4v) is 4.75. The van der Waals surface area contributed by atoms with Crippen molar-refractivity contribution in [2.24, 2.45) is 12.8 Å². The molecule has 3 rings (SSSR count). The average Bonchev–Trinajstić information content (AvgIpc) is 3.37. The number of amides is 2. The number of thiophene rings is 1. The molecule has 0 atom stereocenters. The third-order valence-electron chi connectivity index (χ3n) is 4.06. The van der Waals surface area contributed by atoms with Crippen LogP contribution in [0, 0.1) is 6.92 Å². The fraction of sp³-hybridized carbons (Fsp3) is 0.278. The summed E-state index contributed by atoms with van der Waals surface area (Å²) >= 11 is 5.34. The lowest BCUT2D eigenvalue weighted by atomic mass is 10.1. The van der Waals surface area contributed by atoms with Crippen molar-refractivity contribution < 1.29 is 23.5 Å². The minimum atomic E-state index is -0.681. The van der Waals surface area contributed by atoms with Crippen molar-refractivity contribution >= 4 is 61.8 Å². The Hall–Kier alpha value is -2.64. The Morgan fingerprint density at radius 1 is 1.35 bits per heavy atom. The smallest absolute Gasteiger partial charge is 0.341 e. The normalized spacial score (nSPS) is 10.8. The van der Waals surface area contributed by atoms with Crippen molar-refractivity contribution in [3.8, 4) is 11.6 Å². The molecule has 0 aliphatic heterocycles. The highest BCUT2D eigenvalue weighted by atomic mass is 79.9. The standard InChI is InChI=1S/C18H18BrN5O5S2/c1-4-28-17(27)12-8(2)13(14(20)26)31-16(12)21-11(25)7-30-18-23-22-15(24(18)3)9-5-6-10(19)29-9/h5-6H,4,7H2,1-3H3,(H2,20,26)(H,21,25). The molecule has 3 aromatic heterocycles. The number of furan rings is 1. The number of anilines is 1. The second-order valence-electron chi connectivity index (χ2n) is 6.15. The number of halogens is 1. The molecule has 3 heterocycles. The maximum atomic E-state index is 12.5. The van der Waals surface area contributed by atoms with Gasteiger partial charge in [-0.25, -0.2) is 4.79 Å². The Labute approximate surface area is 193 Å². The molecule has 0 bridgehead atoms. The van der Waals surface area contributed by atoms with Gasteiger partial charge in [0.05, 0.1) is 22.8 Å². The summed E-state index contributed by atoms with van der Waals surface area (Å²) in [5, 5.41) is 11.6. The predicted octanol–water partition coefficient (Wildman–Crippen LogP) is 3.21. The van der Waals surface area contributed by atoms with Gasteiger partial charge in [-0.15, -0.1) is 21.5 Å². The average molecular weight is 528 g/mol. The molecule has 13 heteroatoms. The number of aromatic nitrogens is 3. The summed E-state index contributed by atoms with van der Waals surface area (Å²) in [4.78, 5) is 36.7. The lowest BCUT2D eigenvalue weighted by molar-refractivity contribution is -0.113. The number of carbonyl (C=O) groups excluding carboxylic acids is 3. The highest BCUT2D eigenvalue weighted by Crippen LogP contribution is 2.34. The van der Waals surface area contributed by atoms with Crippen LogP contribution < -0.4 is 11.1 Å². The van der Waals surface area contributed by atoms with Gasteiger partial charge in [0.2, 0.25) is 5.91 Å². The van der Waals surface area contributed by atoms with Gasteiger partial charge in [0.1, 0.15) is 5.00 Å². The second kappa shape index (κ2) is 9.66. The van der Waals surface area contributed by atoms with Gasteiger partial charge in [-0.2, -0.15) is 0 Å². The molecule has 0 aliphatic rings. The number of thioether (sulfide) groups is 1. The largest absolute Gasteiger partial charge is 0.462 e. The maximum Gasteiger partial charge on any atom is 0.341 e. The molecule has 3 aromatic rings.